The van der Waals surface area contributed by atoms with Crippen molar-refractivity contribution in [1.82, 2.24) is 14.7 Å². The maximum Gasteiger partial charge on any atom is 0.0767 e. The second kappa shape index (κ2) is 7.81. The molecular weight excluding hydrogens is 338 g/mol. The minimum atomic E-state index is 0.700. The lowest BCUT2D eigenvalue weighted by Gasteiger charge is -2.24. The van der Waals surface area contributed by atoms with Crippen molar-refractivity contribution in [2.45, 2.75) is 65.1 Å². The Balaban J connectivity index is 2.10. The predicted molar refractivity (Wildman–Crippen MR) is 88.4 cm³/mol. The van der Waals surface area contributed by atoms with Gasteiger partial charge in [-0.3, -0.25) is 9.58 Å². The van der Waals surface area contributed by atoms with Gasteiger partial charge in [-0.25, -0.2) is 0 Å². The molecule has 1 aromatic heterocycles. The summed E-state index contributed by atoms with van der Waals surface area (Å²) in [5, 5.41) is 4.70. The summed E-state index contributed by atoms with van der Waals surface area (Å²) in [5.74, 6) is 0.779. The molecule has 114 valence electrons. The van der Waals surface area contributed by atoms with Gasteiger partial charge in [-0.15, -0.1) is 11.6 Å². The summed E-state index contributed by atoms with van der Waals surface area (Å²) in [4.78, 5) is 2.61. The molecule has 2 rings (SSSR count). The molecule has 0 amide bonds. The molecule has 1 aliphatic rings. The molecule has 0 aliphatic carbocycles. The molecule has 1 unspecified atom stereocenters. The molecule has 3 nitrogen and oxygen atoms in total. The van der Waals surface area contributed by atoms with Crippen LogP contribution in [0.1, 0.15) is 50.9 Å². The quantitative estimate of drug-likeness (QED) is 0.677. The first kappa shape index (κ1) is 16.3. The number of aryl methyl sites for hydroxylation is 2. The highest BCUT2D eigenvalue weighted by atomic mass is 79.9. The molecule has 1 aromatic rings. The fourth-order valence-corrected chi connectivity index (χ4v) is 3.95. The van der Waals surface area contributed by atoms with E-state index < -0.39 is 0 Å². The van der Waals surface area contributed by atoms with Crippen LogP contribution < -0.4 is 0 Å². The predicted octanol–water partition coefficient (Wildman–Crippen LogP) is 4.21. The number of halogens is 2. The van der Waals surface area contributed by atoms with Gasteiger partial charge in [0.25, 0.3) is 0 Å². The van der Waals surface area contributed by atoms with E-state index in [0.717, 1.165) is 31.8 Å². The van der Waals surface area contributed by atoms with Crippen LogP contribution in [0.3, 0.4) is 0 Å². The Bertz CT molecular complexity index is 433. The first-order valence-electron chi connectivity index (χ1n) is 7.75. The van der Waals surface area contributed by atoms with Crippen molar-refractivity contribution >= 4 is 27.5 Å². The molecule has 0 spiro atoms. The summed E-state index contributed by atoms with van der Waals surface area (Å²) in [7, 11) is 0. The average Bonchev–Trinajstić information content (AvgIpc) is 3.02. The van der Waals surface area contributed by atoms with Crippen molar-refractivity contribution in [3.63, 3.8) is 0 Å². The maximum atomic E-state index is 5.84. The Morgan fingerprint density at radius 1 is 1.40 bits per heavy atom. The van der Waals surface area contributed by atoms with Crippen LogP contribution in [0.4, 0.5) is 0 Å². The third-order valence-electron chi connectivity index (χ3n) is 4.22. The molecular formula is C15H25BrClN3. The van der Waals surface area contributed by atoms with E-state index in [1.54, 1.807) is 0 Å². The van der Waals surface area contributed by atoms with Gasteiger partial charge in [0.1, 0.15) is 0 Å². The van der Waals surface area contributed by atoms with Crippen molar-refractivity contribution in [2.24, 2.45) is 0 Å². The molecule has 2 heterocycles. The standard InChI is InChI=1S/C15H25BrClN3/c1-3-13-15(16)14(20(4-2)18-13)11-19-10-6-8-12(19)7-5-9-17/h12H,3-11H2,1-2H3. The van der Waals surface area contributed by atoms with E-state index in [9.17, 15) is 0 Å². The third-order valence-corrected chi connectivity index (χ3v) is 5.40. The smallest absolute Gasteiger partial charge is 0.0767 e. The first-order chi connectivity index (χ1) is 9.71. The summed E-state index contributed by atoms with van der Waals surface area (Å²) < 4.78 is 3.37. The molecule has 1 saturated heterocycles. The van der Waals surface area contributed by atoms with Crippen LogP contribution in [0.5, 0.6) is 0 Å². The highest BCUT2D eigenvalue weighted by Crippen LogP contribution is 2.28. The van der Waals surface area contributed by atoms with Gasteiger partial charge in [-0.05, 0) is 61.5 Å². The molecule has 0 N–H and O–H groups in total. The molecule has 20 heavy (non-hydrogen) atoms. The monoisotopic (exact) mass is 361 g/mol. The van der Waals surface area contributed by atoms with Gasteiger partial charge in [0.15, 0.2) is 0 Å². The summed E-state index contributed by atoms with van der Waals surface area (Å²) in [6.45, 7) is 7.48. The number of hydrogen-bond acceptors (Lipinski definition) is 2. The molecule has 0 saturated carbocycles. The van der Waals surface area contributed by atoms with E-state index in [1.165, 1.54) is 41.7 Å². The SMILES string of the molecule is CCc1nn(CC)c(CN2CCCC2CCCCl)c1Br. The summed E-state index contributed by atoms with van der Waals surface area (Å²) in [6, 6.07) is 0.700. The Hall–Kier alpha value is -0.0600. The van der Waals surface area contributed by atoms with Crippen molar-refractivity contribution in [1.29, 1.82) is 0 Å². The van der Waals surface area contributed by atoms with E-state index in [-0.39, 0.29) is 0 Å². The Morgan fingerprint density at radius 3 is 2.85 bits per heavy atom. The van der Waals surface area contributed by atoms with E-state index in [0.29, 0.717) is 6.04 Å². The van der Waals surface area contributed by atoms with Crippen molar-refractivity contribution in [3.8, 4) is 0 Å². The van der Waals surface area contributed by atoms with Crippen molar-refractivity contribution in [2.75, 3.05) is 12.4 Å². The van der Waals surface area contributed by atoms with Crippen LogP contribution in [0, 0.1) is 0 Å². The second-order valence-electron chi connectivity index (χ2n) is 5.47. The Kier molecular flexibility index (Phi) is 6.37. The second-order valence-corrected chi connectivity index (χ2v) is 6.65. The molecule has 1 atom stereocenters. The lowest BCUT2D eigenvalue weighted by molar-refractivity contribution is 0.226. The number of rotatable bonds is 7. The first-order valence-corrected chi connectivity index (χ1v) is 9.08. The van der Waals surface area contributed by atoms with Gasteiger partial charge >= 0.3 is 0 Å². The normalized spacial score (nSPS) is 19.9. The zero-order valence-electron chi connectivity index (χ0n) is 12.5. The Morgan fingerprint density at radius 2 is 2.20 bits per heavy atom. The van der Waals surface area contributed by atoms with Crippen LogP contribution in [-0.4, -0.2) is 33.1 Å². The van der Waals surface area contributed by atoms with E-state index in [1.807, 2.05) is 0 Å². The number of aromatic nitrogens is 2. The molecule has 0 radical (unpaired) electrons. The fourth-order valence-electron chi connectivity index (χ4n) is 3.10. The minimum Gasteiger partial charge on any atom is -0.295 e. The van der Waals surface area contributed by atoms with Gasteiger partial charge in [-0.2, -0.15) is 5.10 Å². The van der Waals surface area contributed by atoms with Gasteiger partial charge in [-0.1, -0.05) is 6.92 Å². The van der Waals surface area contributed by atoms with Gasteiger partial charge in [0, 0.05) is 25.0 Å². The summed E-state index contributed by atoms with van der Waals surface area (Å²) >= 11 is 9.59. The average molecular weight is 363 g/mol. The van der Waals surface area contributed by atoms with Gasteiger partial charge in [0.2, 0.25) is 0 Å². The fraction of sp³-hybridized carbons (Fsp3) is 0.800. The zero-order valence-corrected chi connectivity index (χ0v) is 14.9. The van der Waals surface area contributed by atoms with E-state index >= 15 is 0 Å². The number of alkyl halides is 1. The van der Waals surface area contributed by atoms with Crippen LogP contribution >= 0.6 is 27.5 Å². The van der Waals surface area contributed by atoms with Crippen LogP contribution in [0.2, 0.25) is 0 Å². The summed E-state index contributed by atoms with van der Waals surface area (Å²) in [5.41, 5.74) is 2.51. The maximum absolute atomic E-state index is 5.84. The van der Waals surface area contributed by atoms with Crippen LogP contribution in [0.25, 0.3) is 0 Å². The van der Waals surface area contributed by atoms with Gasteiger partial charge < -0.3 is 0 Å². The lowest BCUT2D eigenvalue weighted by Crippen LogP contribution is -2.30. The third kappa shape index (κ3) is 3.58. The van der Waals surface area contributed by atoms with E-state index in [4.69, 9.17) is 16.7 Å². The highest BCUT2D eigenvalue weighted by Gasteiger charge is 2.26. The molecule has 0 bridgehead atoms. The molecule has 5 heteroatoms. The van der Waals surface area contributed by atoms with E-state index in [2.05, 4.69) is 39.4 Å². The minimum absolute atomic E-state index is 0.700. The topological polar surface area (TPSA) is 21.1 Å². The van der Waals surface area contributed by atoms with Gasteiger partial charge in [0.05, 0.1) is 15.9 Å². The van der Waals surface area contributed by atoms with Crippen molar-refractivity contribution < 1.29 is 0 Å². The number of hydrogen-bond donors (Lipinski definition) is 0. The zero-order chi connectivity index (χ0) is 14.5. The lowest BCUT2D eigenvalue weighted by atomic mass is 10.1. The van der Waals surface area contributed by atoms with Crippen LogP contribution in [-0.2, 0) is 19.5 Å². The van der Waals surface area contributed by atoms with Crippen LogP contribution in [0.15, 0.2) is 4.47 Å². The molecule has 0 aromatic carbocycles. The largest absolute Gasteiger partial charge is 0.295 e. The molecule has 1 fully saturated rings. The number of nitrogens with zero attached hydrogens (tertiary/aromatic N) is 3. The molecule has 1 aliphatic heterocycles. The van der Waals surface area contributed by atoms with Crippen molar-refractivity contribution in [3.05, 3.63) is 15.9 Å². The summed E-state index contributed by atoms with van der Waals surface area (Å²) in [6.07, 6.45) is 5.95. The highest BCUT2D eigenvalue weighted by molar-refractivity contribution is 9.10. The Labute approximate surface area is 135 Å². The number of likely N-dealkylation sites (tertiary alicyclic amines) is 1.